The summed E-state index contributed by atoms with van der Waals surface area (Å²) >= 11 is 5.13. The lowest BCUT2D eigenvalue weighted by Gasteiger charge is -2.34. The summed E-state index contributed by atoms with van der Waals surface area (Å²) in [6.45, 7) is 2.16. The van der Waals surface area contributed by atoms with Crippen molar-refractivity contribution in [3.63, 3.8) is 0 Å². The molecule has 0 aliphatic rings. The standard InChI is InChI=1S/C46H35NSSi/c1-33-16-11-12-25-41(33)44-45(47-43-27-14-13-26-42(43)46(44)48)36-18-15-17-35(32-36)34-28-30-40(31-29-34)49(37-19-5-2-6-20-37,38-21-7-3-8-22-38)39-23-9-4-10-24-39/h2-32H,1H3,(H,47,48). The average molecular weight is 662 g/mol. The molecule has 0 aliphatic carbocycles. The first-order chi connectivity index (χ1) is 24.1. The van der Waals surface area contributed by atoms with Crippen LogP contribution in [0, 0.1) is 6.92 Å². The molecule has 8 rings (SSSR count). The fraction of sp³-hybridized carbons (Fsp3) is 0.0217. The Morgan fingerprint density at radius 1 is 0.449 bits per heavy atom. The van der Waals surface area contributed by atoms with Gasteiger partial charge in [-0.05, 0) is 62.1 Å². The first-order valence-electron chi connectivity index (χ1n) is 16.7. The molecular formula is C46H35NSSi. The van der Waals surface area contributed by atoms with E-state index in [0.29, 0.717) is 0 Å². The second kappa shape index (κ2) is 13.2. The summed E-state index contributed by atoms with van der Waals surface area (Å²) in [5.74, 6) is 0. The minimum absolute atomic E-state index is 0.943. The highest BCUT2D eigenvalue weighted by atomic mass is 32.1. The fourth-order valence-electron chi connectivity index (χ4n) is 7.34. The second-order valence-electron chi connectivity index (χ2n) is 12.5. The maximum absolute atomic E-state index is 5.26. The summed E-state index contributed by atoms with van der Waals surface area (Å²) < 4.78 is 0. The maximum Gasteiger partial charge on any atom is 0.179 e. The SMILES string of the molecule is Cc1ccccc1-c1c(-c2cccc(-c3ccc([Si](c4ccccc4)(c4ccccc4)c4ccccc4)cc3)c2)nc2ccccc2c1S. The summed E-state index contributed by atoms with van der Waals surface area (Å²) in [6, 6.07) is 68.1. The molecule has 1 aromatic heterocycles. The molecule has 1 nitrogen and oxygen atoms in total. The van der Waals surface area contributed by atoms with E-state index in [9.17, 15) is 0 Å². The molecule has 0 amide bonds. The van der Waals surface area contributed by atoms with Crippen molar-refractivity contribution in [3.8, 4) is 33.5 Å². The lowest BCUT2D eigenvalue weighted by molar-refractivity contribution is 1.33. The summed E-state index contributed by atoms with van der Waals surface area (Å²) in [5, 5.41) is 6.53. The summed E-state index contributed by atoms with van der Waals surface area (Å²) in [6.07, 6.45) is 0. The van der Waals surface area contributed by atoms with Crippen molar-refractivity contribution in [1.29, 1.82) is 0 Å². The molecule has 234 valence electrons. The van der Waals surface area contributed by atoms with Gasteiger partial charge in [0.05, 0.1) is 11.2 Å². The van der Waals surface area contributed by atoms with Crippen LogP contribution in [-0.2, 0) is 0 Å². The van der Waals surface area contributed by atoms with Gasteiger partial charge in [0.15, 0.2) is 8.07 Å². The monoisotopic (exact) mass is 661 g/mol. The zero-order chi connectivity index (χ0) is 33.2. The van der Waals surface area contributed by atoms with Crippen LogP contribution in [0.15, 0.2) is 193 Å². The van der Waals surface area contributed by atoms with Crippen LogP contribution in [0.2, 0.25) is 0 Å². The third-order valence-electron chi connectivity index (χ3n) is 9.69. The molecular weight excluding hydrogens is 627 g/mol. The van der Waals surface area contributed by atoms with E-state index in [1.165, 1.54) is 31.9 Å². The quantitative estimate of drug-likeness (QED) is 0.102. The normalized spacial score (nSPS) is 11.5. The molecule has 0 radical (unpaired) electrons. The maximum atomic E-state index is 5.26. The van der Waals surface area contributed by atoms with Gasteiger partial charge < -0.3 is 0 Å². The number of thiol groups is 1. The topological polar surface area (TPSA) is 12.9 Å². The number of benzene rings is 7. The van der Waals surface area contributed by atoms with Gasteiger partial charge in [-0.1, -0.05) is 176 Å². The van der Waals surface area contributed by atoms with Gasteiger partial charge in [0, 0.05) is 21.4 Å². The van der Waals surface area contributed by atoms with Crippen LogP contribution in [0.4, 0.5) is 0 Å². The second-order valence-corrected chi connectivity index (χ2v) is 16.8. The minimum atomic E-state index is -2.59. The van der Waals surface area contributed by atoms with Crippen LogP contribution < -0.4 is 20.7 Å². The number of fused-ring (bicyclic) bond motifs is 1. The molecule has 0 bridgehead atoms. The zero-order valence-electron chi connectivity index (χ0n) is 27.3. The van der Waals surface area contributed by atoms with E-state index in [1.54, 1.807) is 0 Å². The van der Waals surface area contributed by atoms with Crippen molar-refractivity contribution in [2.45, 2.75) is 11.8 Å². The van der Waals surface area contributed by atoms with Gasteiger partial charge in [0.2, 0.25) is 0 Å². The van der Waals surface area contributed by atoms with E-state index in [-0.39, 0.29) is 0 Å². The molecule has 0 saturated heterocycles. The molecule has 1 heterocycles. The van der Waals surface area contributed by atoms with E-state index in [0.717, 1.165) is 43.7 Å². The lowest BCUT2D eigenvalue weighted by Crippen LogP contribution is -2.74. The predicted octanol–water partition coefficient (Wildman–Crippen LogP) is 9.21. The lowest BCUT2D eigenvalue weighted by atomic mass is 9.93. The van der Waals surface area contributed by atoms with E-state index in [2.05, 4.69) is 189 Å². The smallest absolute Gasteiger partial charge is 0.179 e. The van der Waals surface area contributed by atoms with Gasteiger partial charge in [0.1, 0.15) is 0 Å². The number of hydrogen-bond donors (Lipinski definition) is 1. The molecule has 0 atom stereocenters. The molecule has 0 unspecified atom stereocenters. The van der Waals surface area contributed by atoms with Crippen molar-refractivity contribution in [3.05, 3.63) is 194 Å². The van der Waals surface area contributed by atoms with Crippen LogP contribution in [0.25, 0.3) is 44.4 Å². The Hall–Kier alpha value is -5.48. The molecule has 0 aliphatic heterocycles. The molecule has 8 aromatic rings. The molecule has 49 heavy (non-hydrogen) atoms. The fourth-order valence-corrected chi connectivity index (χ4v) is 12.5. The molecule has 0 saturated carbocycles. The van der Waals surface area contributed by atoms with Crippen LogP contribution in [-0.4, -0.2) is 13.1 Å². The van der Waals surface area contributed by atoms with E-state index < -0.39 is 8.07 Å². The van der Waals surface area contributed by atoms with E-state index in [4.69, 9.17) is 17.6 Å². The zero-order valence-corrected chi connectivity index (χ0v) is 29.2. The number of para-hydroxylation sites is 1. The molecule has 0 spiro atoms. The van der Waals surface area contributed by atoms with Crippen molar-refractivity contribution < 1.29 is 0 Å². The van der Waals surface area contributed by atoms with Gasteiger partial charge >= 0.3 is 0 Å². The Morgan fingerprint density at radius 3 is 1.57 bits per heavy atom. The van der Waals surface area contributed by atoms with Crippen molar-refractivity contribution in [2.24, 2.45) is 0 Å². The summed E-state index contributed by atoms with van der Waals surface area (Å²) in [5.41, 5.74) is 8.71. The summed E-state index contributed by atoms with van der Waals surface area (Å²) in [4.78, 5) is 6.21. The molecule has 7 aromatic carbocycles. The van der Waals surface area contributed by atoms with Gasteiger partial charge in [0.25, 0.3) is 0 Å². The Bertz CT molecular complexity index is 2290. The third-order valence-corrected chi connectivity index (χ3v) is 14.9. The third kappa shape index (κ3) is 5.51. The van der Waals surface area contributed by atoms with Crippen molar-refractivity contribution >= 4 is 52.4 Å². The summed E-state index contributed by atoms with van der Waals surface area (Å²) in [7, 11) is -2.59. The number of rotatable bonds is 7. The number of pyridine rings is 1. The Labute approximate surface area is 295 Å². The highest BCUT2D eigenvalue weighted by molar-refractivity contribution is 7.80. The first kappa shape index (κ1) is 30.8. The number of nitrogens with zero attached hydrogens (tertiary/aromatic N) is 1. The molecule has 0 N–H and O–H groups in total. The number of aromatic nitrogens is 1. The van der Waals surface area contributed by atoms with E-state index in [1.807, 2.05) is 6.07 Å². The van der Waals surface area contributed by atoms with Crippen LogP contribution >= 0.6 is 12.6 Å². The average Bonchev–Trinajstić information content (AvgIpc) is 3.17. The molecule has 0 fully saturated rings. The Kier molecular flexibility index (Phi) is 8.30. The van der Waals surface area contributed by atoms with Crippen LogP contribution in [0.1, 0.15) is 5.56 Å². The number of aryl methyl sites for hydroxylation is 1. The largest absolute Gasteiger partial charge is 0.247 e. The number of hydrogen-bond acceptors (Lipinski definition) is 2. The Morgan fingerprint density at radius 2 is 0.959 bits per heavy atom. The van der Waals surface area contributed by atoms with Gasteiger partial charge in [-0.15, -0.1) is 12.6 Å². The van der Waals surface area contributed by atoms with Gasteiger partial charge in [-0.3, -0.25) is 0 Å². The highest BCUT2D eigenvalue weighted by Crippen LogP contribution is 2.41. The molecule has 3 heteroatoms. The van der Waals surface area contributed by atoms with Crippen LogP contribution in [0.5, 0.6) is 0 Å². The van der Waals surface area contributed by atoms with Crippen molar-refractivity contribution in [1.82, 2.24) is 4.98 Å². The Balaban J connectivity index is 1.28. The van der Waals surface area contributed by atoms with Crippen molar-refractivity contribution in [2.75, 3.05) is 0 Å². The highest BCUT2D eigenvalue weighted by Gasteiger charge is 2.41. The van der Waals surface area contributed by atoms with Crippen LogP contribution in [0.3, 0.4) is 0 Å². The first-order valence-corrected chi connectivity index (χ1v) is 19.1. The van der Waals surface area contributed by atoms with Gasteiger partial charge in [-0.25, -0.2) is 4.98 Å². The predicted molar refractivity (Wildman–Crippen MR) is 214 cm³/mol. The van der Waals surface area contributed by atoms with E-state index >= 15 is 0 Å². The minimum Gasteiger partial charge on any atom is -0.247 e. The van der Waals surface area contributed by atoms with Gasteiger partial charge in [-0.2, -0.15) is 0 Å².